The summed E-state index contributed by atoms with van der Waals surface area (Å²) in [6.45, 7) is 0.702. The molecule has 2 rings (SSSR count). The van der Waals surface area contributed by atoms with E-state index in [2.05, 4.69) is 23.9 Å². The predicted molar refractivity (Wildman–Crippen MR) is 122 cm³/mol. The van der Waals surface area contributed by atoms with E-state index in [0.29, 0.717) is 13.0 Å². The molecule has 0 aliphatic heterocycles. The van der Waals surface area contributed by atoms with Gasteiger partial charge >= 0.3 is 0 Å². The molecule has 0 saturated heterocycles. The fraction of sp³-hybridized carbons (Fsp3) is 0.350. The Morgan fingerprint density at radius 2 is 1.30 bits per heavy atom. The van der Waals surface area contributed by atoms with Crippen LogP contribution in [0.25, 0.3) is 0 Å². The van der Waals surface area contributed by atoms with Gasteiger partial charge in [0.25, 0.3) is 22.5 Å². The molecule has 0 fully saturated rings. The van der Waals surface area contributed by atoms with Gasteiger partial charge in [0.05, 0.1) is 20.3 Å². The van der Waals surface area contributed by atoms with Crippen molar-refractivity contribution in [2.45, 2.75) is 25.7 Å². The molecule has 8 nitrogen and oxygen atoms in total. The molecule has 0 bridgehead atoms. The monoisotopic (exact) mass is 452 g/mol. The maximum Gasteiger partial charge on any atom is 0.261 e. The van der Waals surface area contributed by atoms with Crippen molar-refractivity contribution in [3.8, 4) is 6.07 Å². The van der Waals surface area contributed by atoms with E-state index in [9.17, 15) is 8.42 Å². The largest absolute Gasteiger partial charge is 0.330 e. The zero-order valence-electron chi connectivity index (χ0n) is 17.1. The minimum atomic E-state index is -1.49. The second kappa shape index (κ2) is 15.5. The van der Waals surface area contributed by atoms with E-state index >= 15 is 0 Å². The third kappa shape index (κ3) is 11.0. The summed E-state index contributed by atoms with van der Waals surface area (Å²) < 4.78 is 36.5. The molecule has 0 amide bonds. The Labute approximate surface area is 183 Å². The van der Waals surface area contributed by atoms with Crippen LogP contribution in [-0.4, -0.2) is 29.2 Å². The molecule has 0 heterocycles. The summed E-state index contributed by atoms with van der Waals surface area (Å²) >= 11 is -2.95. The van der Waals surface area contributed by atoms with Crippen molar-refractivity contribution in [3.05, 3.63) is 59.7 Å². The number of nitrogens with zero attached hydrogens (tertiary/aromatic N) is 1. The van der Waals surface area contributed by atoms with Crippen LogP contribution in [0.3, 0.4) is 0 Å². The number of nitrogens with one attached hydrogen (secondary N) is 2. The van der Waals surface area contributed by atoms with Gasteiger partial charge in [-0.05, 0) is 61.2 Å². The average molecular weight is 453 g/mol. The number of anilines is 2. The highest BCUT2D eigenvalue weighted by Gasteiger charge is 1.99. The fourth-order valence-electron chi connectivity index (χ4n) is 2.26. The van der Waals surface area contributed by atoms with Crippen LogP contribution >= 0.6 is 0 Å². The van der Waals surface area contributed by atoms with Gasteiger partial charge in [-0.1, -0.05) is 24.3 Å². The summed E-state index contributed by atoms with van der Waals surface area (Å²) in [5.41, 5.74) is 9.26. The van der Waals surface area contributed by atoms with Gasteiger partial charge in [0.15, 0.2) is 0 Å². The van der Waals surface area contributed by atoms with E-state index in [-0.39, 0.29) is 0 Å². The van der Waals surface area contributed by atoms with Gasteiger partial charge in [0.1, 0.15) is 0 Å². The van der Waals surface area contributed by atoms with Crippen molar-refractivity contribution in [1.82, 2.24) is 0 Å². The molecular weight excluding hydrogens is 424 g/mol. The first-order valence-electron chi connectivity index (χ1n) is 9.23. The van der Waals surface area contributed by atoms with Gasteiger partial charge in [0.2, 0.25) is 0 Å². The molecule has 2 atom stereocenters. The highest BCUT2D eigenvalue weighted by atomic mass is 32.2. The van der Waals surface area contributed by atoms with Gasteiger partial charge in [-0.15, -0.1) is 0 Å². The molecule has 2 unspecified atom stereocenters. The standard InChI is InChI=1S/C10H16N2O2S.C10H12N2O2S/c2*1-14-15(13)12-10-6-4-9(5-7-10)3-2-8-11/h4-7,12H,2-3,8,11H2,1H3;4-7,12H,2-3H2,1H3. The molecule has 4 N–H and O–H groups in total. The Morgan fingerprint density at radius 3 is 1.67 bits per heavy atom. The topological polar surface area (TPSA) is 126 Å². The van der Waals surface area contributed by atoms with Crippen LogP contribution in [0, 0.1) is 11.3 Å². The first kappa shape index (κ1) is 25.7. The van der Waals surface area contributed by atoms with E-state index in [4.69, 9.17) is 11.0 Å². The summed E-state index contributed by atoms with van der Waals surface area (Å²) in [5, 5.41) is 8.41. The maximum atomic E-state index is 11.0. The van der Waals surface area contributed by atoms with Crippen LogP contribution in [0.4, 0.5) is 11.4 Å². The van der Waals surface area contributed by atoms with Crippen molar-refractivity contribution in [3.63, 3.8) is 0 Å². The summed E-state index contributed by atoms with van der Waals surface area (Å²) in [6, 6.07) is 17.2. The molecule has 30 heavy (non-hydrogen) atoms. The summed E-state index contributed by atoms with van der Waals surface area (Å²) in [6.07, 6.45) is 3.21. The Balaban J connectivity index is 0.000000300. The van der Waals surface area contributed by atoms with E-state index in [0.717, 1.165) is 36.2 Å². The van der Waals surface area contributed by atoms with Gasteiger partial charge < -0.3 is 5.73 Å². The van der Waals surface area contributed by atoms with Crippen LogP contribution in [0.5, 0.6) is 0 Å². The summed E-state index contributed by atoms with van der Waals surface area (Å²) in [4.78, 5) is 0. The number of rotatable bonds is 11. The van der Waals surface area contributed by atoms with Crippen molar-refractivity contribution >= 4 is 33.9 Å². The molecule has 2 aromatic rings. The van der Waals surface area contributed by atoms with Crippen molar-refractivity contribution < 1.29 is 16.8 Å². The van der Waals surface area contributed by atoms with E-state index in [1.165, 1.54) is 19.8 Å². The third-order valence-corrected chi connectivity index (χ3v) is 5.22. The molecule has 0 spiro atoms. The van der Waals surface area contributed by atoms with Crippen LogP contribution < -0.4 is 15.2 Å². The van der Waals surface area contributed by atoms with E-state index < -0.39 is 22.5 Å². The van der Waals surface area contributed by atoms with Gasteiger partial charge in [0, 0.05) is 17.8 Å². The van der Waals surface area contributed by atoms with E-state index in [1.54, 1.807) is 0 Å². The summed E-state index contributed by atoms with van der Waals surface area (Å²) in [5.74, 6) is 0. The second-order valence-electron chi connectivity index (χ2n) is 5.95. The quantitative estimate of drug-likeness (QED) is 0.481. The van der Waals surface area contributed by atoms with Gasteiger partial charge in [-0.3, -0.25) is 17.8 Å². The third-order valence-electron chi connectivity index (χ3n) is 3.81. The molecule has 164 valence electrons. The Bertz CT molecular complexity index is 824. The van der Waals surface area contributed by atoms with Gasteiger partial charge in [-0.25, -0.2) is 8.42 Å². The normalized spacial score (nSPS) is 12.1. The first-order valence-corrected chi connectivity index (χ1v) is 11.4. The summed E-state index contributed by atoms with van der Waals surface area (Å²) in [7, 11) is 2.75. The molecule has 0 aliphatic carbocycles. The molecule has 10 heteroatoms. The highest BCUT2D eigenvalue weighted by molar-refractivity contribution is 7.81. The average Bonchev–Trinajstić information content (AvgIpc) is 2.78. The number of nitrogens with two attached hydrogens (primary N) is 1. The molecule has 0 aromatic heterocycles. The lowest BCUT2D eigenvalue weighted by molar-refractivity contribution is 0.449. The zero-order valence-corrected chi connectivity index (χ0v) is 18.8. The van der Waals surface area contributed by atoms with Crippen molar-refractivity contribution in [1.29, 1.82) is 5.26 Å². The van der Waals surface area contributed by atoms with Crippen molar-refractivity contribution in [2.24, 2.45) is 5.73 Å². The predicted octanol–water partition coefficient (Wildman–Crippen LogP) is 2.99. The number of hydrogen-bond acceptors (Lipinski definition) is 6. The maximum absolute atomic E-state index is 11.0. The Morgan fingerprint density at radius 1 is 0.867 bits per heavy atom. The molecule has 2 aromatic carbocycles. The first-order chi connectivity index (χ1) is 14.5. The number of aryl methyl sites for hydroxylation is 2. The fourth-order valence-corrected chi connectivity index (χ4v) is 3.08. The van der Waals surface area contributed by atoms with Crippen LogP contribution in [-0.2, 0) is 43.7 Å². The molecule has 0 saturated carbocycles. The lowest BCUT2D eigenvalue weighted by Gasteiger charge is -2.04. The SMILES string of the molecule is COS(=O)Nc1ccc(CCC#N)cc1.COS(=O)Nc1ccc(CCCN)cc1. The molecule has 0 radical (unpaired) electrons. The molecule has 0 aliphatic rings. The van der Waals surface area contributed by atoms with Crippen LogP contribution in [0.1, 0.15) is 24.0 Å². The zero-order chi connectivity index (χ0) is 22.2. The number of hydrogen-bond donors (Lipinski definition) is 3. The lowest BCUT2D eigenvalue weighted by Crippen LogP contribution is -2.05. The minimum absolute atomic E-state index is 0.511. The van der Waals surface area contributed by atoms with E-state index in [1.807, 2.05) is 48.5 Å². The second-order valence-corrected chi connectivity index (χ2v) is 7.96. The minimum Gasteiger partial charge on any atom is -0.330 e. The lowest BCUT2D eigenvalue weighted by atomic mass is 10.1. The number of benzene rings is 2. The van der Waals surface area contributed by atoms with Gasteiger partial charge in [-0.2, -0.15) is 5.26 Å². The van der Waals surface area contributed by atoms with Crippen LogP contribution in [0.15, 0.2) is 48.5 Å². The smallest absolute Gasteiger partial charge is 0.261 e. The Kier molecular flexibility index (Phi) is 13.3. The van der Waals surface area contributed by atoms with Crippen LogP contribution in [0.2, 0.25) is 0 Å². The van der Waals surface area contributed by atoms with Crippen molar-refractivity contribution in [2.75, 3.05) is 30.2 Å². The molecular formula is C20H28N4O4S2. The number of nitriles is 1. The highest BCUT2D eigenvalue weighted by Crippen LogP contribution is 2.12. The Hall–Kier alpha value is -2.29.